The van der Waals surface area contributed by atoms with E-state index in [1.54, 1.807) is 6.92 Å². The number of carboxylic acids is 2. The standard InChI is InChI=1S/C6H10O3.C4H4O4.C4H6O3/c1-5(2)6(8)9-4-3-7;5-3(6)1-2-4(7)8;1-3(2)4(5)7-6/h7H,1,3-4H2,2H3;1-2H,(H,5,6)(H,7,8);6H,1H2,2H3/b;2-1-;. The largest absolute Gasteiger partial charge is 0.478 e. The second-order valence-corrected chi connectivity index (χ2v) is 3.81. The molecule has 0 aromatic carbocycles. The Labute approximate surface area is 137 Å². The van der Waals surface area contributed by atoms with Gasteiger partial charge >= 0.3 is 23.9 Å². The molecule has 0 aliphatic rings. The lowest BCUT2D eigenvalue weighted by Crippen LogP contribution is -2.08. The van der Waals surface area contributed by atoms with E-state index in [4.69, 9.17) is 20.6 Å². The predicted octanol–water partition coefficient (Wildman–Crippen LogP) is 0.388. The van der Waals surface area contributed by atoms with E-state index in [1.807, 2.05) is 0 Å². The molecule has 0 heterocycles. The van der Waals surface area contributed by atoms with Crippen molar-refractivity contribution in [2.75, 3.05) is 13.2 Å². The van der Waals surface area contributed by atoms with Gasteiger partial charge in [-0.15, -0.1) is 0 Å². The highest BCUT2D eigenvalue weighted by Crippen LogP contribution is 1.90. The van der Waals surface area contributed by atoms with Crippen molar-refractivity contribution >= 4 is 23.9 Å². The van der Waals surface area contributed by atoms with Gasteiger partial charge in [-0.2, -0.15) is 5.26 Å². The molecule has 4 N–H and O–H groups in total. The highest BCUT2D eigenvalue weighted by Gasteiger charge is 2.00. The van der Waals surface area contributed by atoms with Gasteiger partial charge in [-0.05, 0) is 13.8 Å². The number of aliphatic hydroxyl groups is 1. The van der Waals surface area contributed by atoms with Crippen molar-refractivity contribution in [3.05, 3.63) is 36.5 Å². The molecule has 0 saturated heterocycles. The quantitative estimate of drug-likeness (QED) is 0.228. The molecule has 0 aromatic rings. The number of ether oxygens (including phenoxy) is 1. The summed E-state index contributed by atoms with van der Waals surface area (Å²) in [4.78, 5) is 42.8. The average molecular weight is 348 g/mol. The number of carbonyl (C=O) groups is 4. The monoisotopic (exact) mass is 348 g/mol. The Morgan fingerprint density at radius 2 is 1.29 bits per heavy atom. The molecular weight excluding hydrogens is 328 g/mol. The Morgan fingerprint density at radius 1 is 0.917 bits per heavy atom. The van der Waals surface area contributed by atoms with Gasteiger partial charge < -0.3 is 20.1 Å². The van der Waals surface area contributed by atoms with E-state index in [9.17, 15) is 19.2 Å². The van der Waals surface area contributed by atoms with Crippen LogP contribution in [0.1, 0.15) is 13.8 Å². The summed E-state index contributed by atoms with van der Waals surface area (Å²) in [6.07, 6.45) is 1.12. The van der Waals surface area contributed by atoms with Crippen LogP contribution in [0.5, 0.6) is 0 Å². The van der Waals surface area contributed by atoms with Gasteiger partial charge in [0.25, 0.3) is 0 Å². The minimum atomic E-state index is -1.26. The van der Waals surface area contributed by atoms with Crippen molar-refractivity contribution in [2.45, 2.75) is 13.8 Å². The summed E-state index contributed by atoms with van der Waals surface area (Å²) in [5, 5.41) is 31.4. The molecule has 0 rings (SSSR count). The van der Waals surface area contributed by atoms with E-state index in [0.717, 1.165) is 0 Å². The maximum atomic E-state index is 10.5. The van der Waals surface area contributed by atoms with Crippen LogP contribution >= 0.6 is 0 Å². The fourth-order valence-electron chi connectivity index (χ4n) is 0.482. The van der Waals surface area contributed by atoms with E-state index in [0.29, 0.717) is 17.7 Å². The summed E-state index contributed by atoms with van der Waals surface area (Å²) in [5.41, 5.74) is 0.533. The number of rotatable bonds is 6. The third-order valence-electron chi connectivity index (χ3n) is 1.47. The summed E-state index contributed by atoms with van der Waals surface area (Å²) in [6, 6.07) is 0. The third kappa shape index (κ3) is 24.1. The van der Waals surface area contributed by atoms with Crippen LogP contribution in [0.2, 0.25) is 0 Å². The lowest BCUT2D eigenvalue weighted by atomic mass is 10.4. The van der Waals surface area contributed by atoms with Crippen LogP contribution in [0.3, 0.4) is 0 Å². The predicted molar refractivity (Wildman–Crippen MR) is 80.8 cm³/mol. The van der Waals surface area contributed by atoms with Crippen molar-refractivity contribution in [3.8, 4) is 0 Å². The van der Waals surface area contributed by atoms with Gasteiger partial charge in [-0.3, -0.25) is 4.89 Å². The number of aliphatic hydroxyl groups excluding tert-OH is 1. The minimum absolute atomic E-state index is 0.0473. The summed E-state index contributed by atoms with van der Waals surface area (Å²) in [6.45, 7) is 9.45. The second-order valence-electron chi connectivity index (χ2n) is 3.81. The average Bonchev–Trinajstić information content (AvgIpc) is 2.50. The summed E-state index contributed by atoms with van der Waals surface area (Å²) >= 11 is 0. The number of aliphatic carboxylic acids is 2. The van der Waals surface area contributed by atoms with E-state index >= 15 is 0 Å². The lowest BCUT2D eigenvalue weighted by Gasteiger charge is -1.99. The SMILES string of the molecule is C=C(C)C(=O)OCCO.C=C(C)C(=O)OO.O=C(O)/C=C\C(=O)O. The maximum absolute atomic E-state index is 10.5. The molecule has 0 aromatic heterocycles. The molecule has 10 nitrogen and oxygen atoms in total. The van der Waals surface area contributed by atoms with E-state index in [2.05, 4.69) is 22.8 Å². The molecule has 136 valence electrons. The van der Waals surface area contributed by atoms with Crippen molar-refractivity contribution in [1.82, 2.24) is 0 Å². The smallest absolute Gasteiger partial charge is 0.367 e. The van der Waals surface area contributed by atoms with Crippen LogP contribution in [0.15, 0.2) is 36.5 Å². The minimum Gasteiger partial charge on any atom is -0.478 e. The fourth-order valence-corrected chi connectivity index (χ4v) is 0.482. The zero-order chi connectivity index (χ0) is 19.7. The van der Waals surface area contributed by atoms with Gasteiger partial charge in [0.2, 0.25) is 0 Å². The first-order valence-corrected chi connectivity index (χ1v) is 6.08. The lowest BCUT2D eigenvalue weighted by molar-refractivity contribution is -0.229. The van der Waals surface area contributed by atoms with Gasteiger partial charge in [-0.1, -0.05) is 13.2 Å². The summed E-state index contributed by atoms with van der Waals surface area (Å²) < 4.78 is 4.46. The molecular formula is C14H20O10. The normalized spacial score (nSPS) is 8.67. The van der Waals surface area contributed by atoms with Crippen LogP contribution in [0.25, 0.3) is 0 Å². The van der Waals surface area contributed by atoms with Gasteiger partial charge in [0, 0.05) is 23.3 Å². The van der Waals surface area contributed by atoms with Crippen LogP contribution in [0, 0.1) is 0 Å². The van der Waals surface area contributed by atoms with Crippen molar-refractivity contribution < 1.29 is 49.4 Å². The molecule has 0 fully saturated rings. The van der Waals surface area contributed by atoms with E-state index in [1.165, 1.54) is 6.92 Å². The van der Waals surface area contributed by atoms with E-state index in [-0.39, 0.29) is 18.8 Å². The number of esters is 1. The molecule has 0 spiro atoms. The van der Waals surface area contributed by atoms with E-state index < -0.39 is 23.9 Å². The van der Waals surface area contributed by atoms with Crippen molar-refractivity contribution in [1.29, 1.82) is 0 Å². The summed E-state index contributed by atoms with van der Waals surface area (Å²) in [7, 11) is 0. The Bertz CT molecular complexity index is 474. The Morgan fingerprint density at radius 3 is 1.46 bits per heavy atom. The van der Waals surface area contributed by atoms with Crippen LogP contribution in [0.4, 0.5) is 0 Å². The fraction of sp³-hybridized carbons (Fsp3) is 0.286. The topological polar surface area (TPSA) is 168 Å². The Balaban J connectivity index is -0.000000278. The molecule has 0 bridgehead atoms. The van der Waals surface area contributed by atoms with Crippen LogP contribution in [-0.4, -0.2) is 57.7 Å². The molecule has 0 atom stereocenters. The molecule has 0 radical (unpaired) electrons. The summed E-state index contributed by atoms with van der Waals surface area (Å²) in [5.74, 6) is -3.76. The van der Waals surface area contributed by atoms with Crippen molar-refractivity contribution in [3.63, 3.8) is 0 Å². The molecule has 0 amide bonds. The highest BCUT2D eigenvalue weighted by atomic mass is 17.1. The second kappa shape index (κ2) is 16.4. The number of hydrogen-bond acceptors (Lipinski definition) is 8. The molecule has 10 heteroatoms. The third-order valence-corrected chi connectivity index (χ3v) is 1.47. The molecule has 0 aliphatic heterocycles. The zero-order valence-electron chi connectivity index (χ0n) is 13.2. The Hall–Kier alpha value is -2.98. The number of hydrogen-bond donors (Lipinski definition) is 4. The van der Waals surface area contributed by atoms with Crippen LogP contribution < -0.4 is 0 Å². The molecule has 0 saturated carbocycles. The number of carboxylic acid groups (broad SMARTS) is 2. The van der Waals surface area contributed by atoms with Gasteiger partial charge in [-0.25, -0.2) is 19.2 Å². The van der Waals surface area contributed by atoms with Gasteiger partial charge in [0.05, 0.1) is 6.61 Å². The first-order chi connectivity index (χ1) is 11.0. The maximum Gasteiger partial charge on any atom is 0.367 e. The van der Waals surface area contributed by atoms with Crippen LogP contribution in [-0.2, 0) is 28.8 Å². The van der Waals surface area contributed by atoms with Crippen molar-refractivity contribution in [2.24, 2.45) is 0 Å². The first kappa shape index (κ1) is 25.9. The molecule has 24 heavy (non-hydrogen) atoms. The molecule has 0 aliphatic carbocycles. The first-order valence-electron chi connectivity index (χ1n) is 6.08. The zero-order valence-corrected chi connectivity index (χ0v) is 13.2. The Kier molecular flexibility index (Phi) is 17.7. The van der Waals surface area contributed by atoms with Gasteiger partial charge in [0.1, 0.15) is 6.61 Å². The molecule has 0 unspecified atom stereocenters. The number of carbonyl (C=O) groups excluding carboxylic acids is 2. The highest BCUT2D eigenvalue weighted by molar-refractivity contribution is 5.89. The van der Waals surface area contributed by atoms with Gasteiger partial charge in [0.15, 0.2) is 0 Å².